The molecule has 2 aliphatic heterocycles. The average Bonchev–Trinajstić information content (AvgIpc) is 2.80. The minimum Gasteiger partial charge on any atom is -0.338 e. The summed E-state index contributed by atoms with van der Waals surface area (Å²) in [6.07, 6.45) is 2.23. The van der Waals surface area contributed by atoms with Crippen molar-refractivity contribution in [3.63, 3.8) is 0 Å². The Bertz CT molecular complexity index is 445. The zero-order chi connectivity index (χ0) is 12.6. The van der Waals surface area contributed by atoms with Crippen molar-refractivity contribution >= 4 is 5.91 Å². The third kappa shape index (κ3) is 1.65. The van der Waals surface area contributed by atoms with Crippen molar-refractivity contribution in [3.05, 3.63) is 35.9 Å². The minimum atomic E-state index is 0.179. The molecule has 0 saturated carbocycles. The summed E-state index contributed by atoms with van der Waals surface area (Å²) in [5.74, 6) is 0.210. The molecule has 1 aromatic rings. The highest BCUT2D eigenvalue weighted by Gasteiger charge is 2.50. The number of fused-ring (bicyclic) bond motifs is 1. The van der Waals surface area contributed by atoms with Gasteiger partial charge in [0, 0.05) is 25.4 Å². The molecule has 3 rings (SSSR count). The second kappa shape index (κ2) is 4.39. The van der Waals surface area contributed by atoms with Crippen molar-refractivity contribution in [2.24, 2.45) is 0 Å². The van der Waals surface area contributed by atoms with Gasteiger partial charge in [-0.25, -0.2) is 0 Å². The normalized spacial score (nSPS) is 31.2. The highest BCUT2D eigenvalue weighted by Crippen LogP contribution is 2.44. The van der Waals surface area contributed by atoms with Crippen LogP contribution in [0.5, 0.6) is 0 Å². The molecule has 2 aliphatic rings. The number of piperidine rings is 1. The van der Waals surface area contributed by atoms with Gasteiger partial charge in [-0.1, -0.05) is 30.3 Å². The first-order valence-electron chi connectivity index (χ1n) is 6.77. The van der Waals surface area contributed by atoms with Crippen molar-refractivity contribution in [3.8, 4) is 0 Å². The molecule has 18 heavy (non-hydrogen) atoms. The molecule has 96 valence electrons. The molecule has 0 radical (unpaired) electrons. The maximum atomic E-state index is 11.8. The molecule has 1 N–H and O–H groups in total. The number of likely N-dealkylation sites (tertiary alicyclic amines) is 1. The van der Waals surface area contributed by atoms with Gasteiger partial charge >= 0.3 is 0 Å². The highest BCUT2D eigenvalue weighted by atomic mass is 16.2. The van der Waals surface area contributed by atoms with E-state index in [9.17, 15) is 4.79 Å². The Morgan fingerprint density at radius 3 is 2.83 bits per heavy atom. The Hall–Kier alpha value is -1.35. The van der Waals surface area contributed by atoms with E-state index < -0.39 is 0 Å². The van der Waals surface area contributed by atoms with Crippen LogP contribution in [0.15, 0.2) is 30.3 Å². The third-order valence-electron chi connectivity index (χ3n) is 4.65. The zero-order valence-corrected chi connectivity index (χ0v) is 10.9. The van der Waals surface area contributed by atoms with Gasteiger partial charge in [0.05, 0.1) is 6.04 Å². The molecular formula is C15H20N2O. The SMILES string of the molecule is CC(=O)N1CC[C@]2(c3ccccc3)CCNC[C@H]12. The van der Waals surface area contributed by atoms with Gasteiger partial charge in [0.15, 0.2) is 0 Å². The van der Waals surface area contributed by atoms with Crippen LogP contribution in [0.2, 0.25) is 0 Å². The Balaban J connectivity index is 2.00. The molecule has 0 aromatic heterocycles. The molecule has 2 saturated heterocycles. The number of carbonyl (C=O) groups excluding carboxylic acids is 1. The van der Waals surface area contributed by atoms with Crippen LogP contribution in [-0.2, 0) is 10.2 Å². The standard InChI is InChI=1S/C15H20N2O/c1-12(18)17-10-8-15(7-9-16-11-14(15)17)13-5-3-2-4-6-13/h2-6,14,16H,7-11H2,1H3/t14-,15-/m0/s1. The van der Waals surface area contributed by atoms with Gasteiger partial charge in [-0.3, -0.25) is 4.79 Å². The molecule has 0 spiro atoms. The Kier molecular flexibility index (Phi) is 2.86. The maximum absolute atomic E-state index is 11.8. The van der Waals surface area contributed by atoms with Crippen LogP contribution >= 0.6 is 0 Å². The quantitative estimate of drug-likeness (QED) is 0.812. The number of nitrogens with one attached hydrogen (secondary N) is 1. The fourth-order valence-corrected chi connectivity index (χ4v) is 3.72. The van der Waals surface area contributed by atoms with Crippen molar-refractivity contribution in [2.45, 2.75) is 31.2 Å². The van der Waals surface area contributed by atoms with Crippen LogP contribution in [0.25, 0.3) is 0 Å². The third-order valence-corrected chi connectivity index (χ3v) is 4.65. The van der Waals surface area contributed by atoms with Crippen molar-refractivity contribution in [2.75, 3.05) is 19.6 Å². The van der Waals surface area contributed by atoms with E-state index in [4.69, 9.17) is 0 Å². The number of amides is 1. The largest absolute Gasteiger partial charge is 0.338 e. The lowest BCUT2D eigenvalue weighted by Crippen LogP contribution is -2.55. The Labute approximate surface area is 108 Å². The summed E-state index contributed by atoms with van der Waals surface area (Å²) in [5.41, 5.74) is 1.58. The molecule has 1 amide bonds. The van der Waals surface area contributed by atoms with Gasteiger partial charge in [-0.2, -0.15) is 0 Å². The molecule has 2 fully saturated rings. The number of benzene rings is 1. The number of nitrogens with zero attached hydrogens (tertiary/aromatic N) is 1. The van der Waals surface area contributed by atoms with Gasteiger partial charge in [0.1, 0.15) is 0 Å². The van der Waals surface area contributed by atoms with E-state index in [2.05, 4.69) is 40.5 Å². The van der Waals surface area contributed by atoms with E-state index >= 15 is 0 Å². The lowest BCUT2D eigenvalue weighted by Gasteiger charge is -2.42. The molecular weight excluding hydrogens is 224 g/mol. The van der Waals surface area contributed by atoms with Crippen molar-refractivity contribution < 1.29 is 4.79 Å². The molecule has 3 nitrogen and oxygen atoms in total. The van der Waals surface area contributed by atoms with E-state index in [1.54, 1.807) is 6.92 Å². The molecule has 1 aromatic carbocycles. The van der Waals surface area contributed by atoms with E-state index in [-0.39, 0.29) is 11.3 Å². The summed E-state index contributed by atoms with van der Waals surface area (Å²) in [7, 11) is 0. The van der Waals surface area contributed by atoms with Gasteiger partial charge in [-0.05, 0) is 24.9 Å². The van der Waals surface area contributed by atoms with E-state index in [0.717, 1.165) is 32.5 Å². The molecule has 2 atom stereocenters. The monoisotopic (exact) mass is 244 g/mol. The van der Waals surface area contributed by atoms with Crippen LogP contribution < -0.4 is 5.32 Å². The lowest BCUT2D eigenvalue weighted by atomic mass is 9.70. The van der Waals surface area contributed by atoms with Crippen LogP contribution in [-0.4, -0.2) is 36.5 Å². The minimum absolute atomic E-state index is 0.179. The van der Waals surface area contributed by atoms with E-state index in [1.165, 1.54) is 5.56 Å². The predicted molar refractivity (Wildman–Crippen MR) is 71.4 cm³/mol. The number of rotatable bonds is 1. The van der Waals surface area contributed by atoms with E-state index in [1.807, 2.05) is 0 Å². The fourth-order valence-electron chi connectivity index (χ4n) is 3.72. The van der Waals surface area contributed by atoms with Crippen LogP contribution in [0.4, 0.5) is 0 Å². The average molecular weight is 244 g/mol. The summed E-state index contributed by atoms with van der Waals surface area (Å²) in [5, 5.41) is 3.44. The summed E-state index contributed by atoms with van der Waals surface area (Å²) < 4.78 is 0. The first kappa shape index (κ1) is 11.7. The summed E-state index contributed by atoms with van der Waals surface area (Å²) in [6, 6.07) is 11.1. The molecule has 0 aliphatic carbocycles. The number of carbonyl (C=O) groups is 1. The zero-order valence-electron chi connectivity index (χ0n) is 10.9. The number of hydrogen-bond donors (Lipinski definition) is 1. The smallest absolute Gasteiger partial charge is 0.219 e. The second-order valence-corrected chi connectivity index (χ2v) is 5.45. The van der Waals surface area contributed by atoms with E-state index in [0.29, 0.717) is 6.04 Å². The van der Waals surface area contributed by atoms with Crippen molar-refractivity contribution in [1.82, 2.24) is 10.2 Å². The summed E-state index contributed by atoms with van der Waals surface area (Å²) in [6.45, 7) is 4.57. The predicted octanol–water partition coefficient (Wildman–Crippen LogP) is 1.54. The van der Waals surface area contributed by atoms with Gasteiger partial charge in [-0.15, -0.1) is 0 Å². The highest BCUT2D eigenvalue weighted by molar-refractivity contribution is 5.74. The number of hydrogen-bond acceptors (Lipinski definition) is 2. The first-order valence-corrected chi connectivity index (χ1v) is 6.77. The van der Waals surface area contributed by atoms with Crippen LogP contribution in [0.3, 0.4) is 0 Å². The van der Waals surface area contributed by atoms with Gasteiger partial charge < -0.3 is 10.2 Å². The van der Waals surface area contributed by atoms with Crippen LogP contribution in [0.1, 0.15) is 25.3 Å². The van der Waals surface area contributed by atoms with Crippen LogP contribution in [0, 0.1) is 0 Å². The second-order valence-electron chi connectivity index (χ2n) is 5.45. The Morgan fingerprint density at radius 2 is 2.11 bits per heavy atom. The first-order chi connectivity index (χ1) is 8.74. The fraction of sp³-hybridized carbons (Fsp3) is 0.533. The molecule has 0 unspecified atom stereocenters. The molecule has 0 bridgehead atoms. The molecule has 3 heteroatoms. The molecule has 2 heterocycles. The Morgan fingerprint density at radius 1 is 1.33 bits per heavy atom. The topological polar surface area (TPSA) is 32.3 Å². The maximum Gasteiger partial charge on any atom is 0.219 e. The summed E-state index contributed by atoms with van der Waals surface area (Å²) >= 11 is 0. The van der Waals surface area contributed by atoms with Gasteiger partial charge in [0.25, 0.3) is 0 Å². The summed E-state index contributed by atoms with van der Waals surface area (Å²) in [4.78, 5) is 13.8. The lowest BCUT2D eigenvalue weighted by molar-refractivity contribution is -0.130. The van der Waals surface area contributed by atoms with Gasteiger partial charge in [0.2, 0.25) is 5.91 Å². The van der Waals surface area contributed by atoms with Crippen molar-refractivity contribution in [1.29, 1.82) is 0 Å².